The summed E-state index contributed by atoms with van der Waals surface area (Å²) in [7, 11) is 1.64. The Labute approximate surface area is 197 Å². The minimum Gasteiger partial charge on any atom is -0.382 e. The van der Waals surface area contributed by atoms with E-state index in [1.165, 1.54) is 0 Å². The van der Waals surface area contributed by atoms with Crippen molar-refractivity contribution in [1.29, 1.82) is 0 Å². The van der Waals surface area contributed by atoms with Gasteiger partial charge in [-0.1, -0.05) is 0 Å². The van der Waals surface area contributed by atoms with Gasteiger partial charge in [0.05, 0.1) is 98.0 Å². The lowest BCUT2D eigenvalue weighted by atomic mass is 10.1. The van der Waals surface area contributed by atoms with E-state index >= 15 is 0 Å². The van der Waals surface area contributed by atoms with Crippen LogP contribution >= 0.6 is 0 Å². The molecule has 196 valence electrons. The molecule has 0 saturated carbocycles. The molecular weight excluding hydrogens is 438 g/mol. The highest BCUT2D eigenvalue weighted by molar-refractivity contribution is 4.86. The third-order valence-electron chi connectivity index (χ3n) is 4.99. The van der Waals surface area contributed by atoms with E-state index in [0.717, 1.165) is 0 Å². The molecule has 3 atom stereocenters. The van der Waals surface area contributed by atoms with Gasteiger partial charge >= 0.3 is 0 Å². The number of hydrogen-bond donors (Lipinski definition) is 1. The van der Waals surface area contributed by atoms with Crippen molar-refractivity contribution in [3.05, 3.63) is 0 Å². The Bertz CT molecular complexity index is 478. The Morgan fingerprint density at radius 1 is 0.727 bits per heavy atom. The van der Waals surface area contributed by atoms with Gasteiger partial charge in [-0.3, -0.25) is 0 Å². The molecule has 0 amide bonds. The van der Waals surface area contributed by atoms with Crippen LogP contribution in [0, 0.1) is 0 Å². The molecule has 2 heterocycles. The molecule has 0 bridgehead atoms. The largest absolute Gasteiger partial charge is 0.382 e. The summed E-state index contributed by atoms with van der Waals surface area (Å²) < 4.78 is 55.3. The van der Waals surface area contributed by atoms with Gasteiger partial charge < -0.3 is 53.1 Å². The van der Waals surface area contributed by atoms with Crippen LogP contribution in [0.15, 0.2) is 0 Å². The zero-order valence-corrected chi connectivity index (χ0v) is 20.4. The molecule has 0 radical (unpaired) electrons. The molecular formula is C22H43NO10. The molecule has 33 heavy (non-hydrogen) atoms. The standard InChI is InChI=1S/C22H43NO10/c1-22(2)32-19(16-18(23)21-30-14-15-31-21)20(33-22)17-29-13-12-28-11-10-27-9-8-26-7-6-25-5-4-24-3/h18-21H,4-17,23H2,1-3H3/t18?,19-,20-/m0/s1. The highest BCUT2D eigenvalue weighted by atomic mass is 16.8. The number of methoxy groups -OCH3 is 1. The van der Waals surface area contributed by atoms with Crippen molar-refractivity contribution in [2.45, 2.75) is 50.6 Å². The Morgan fingerprint density at radius 2 is 1.18 bits per heavy atom. The normalized spacial score (nSPS) is 24.0. The minimum absolute atomic E-state index is 0.184. The molecule has 11 heteroatoms. The third kappa shape index (κ3) is 12.7. The van der Waals surface area contributed by atoms with E-state index in [1.807, 2.05) is 13.8 Å². The van der Waals surface area contributed by atoms with Gasteiger partial charge in [-0.2, -0.15) is 0 Å². The summed E-state index contributed by atoms with van der Waals surface area (Å²) in [6.45, 7) is 10.6. The SMILES string of the molecule is COCCOCCOCCOCCOCCOC[C@@H]1OC(C)(C)O[C@H]1CC(N)C1OCCO1. The summed E-state index contributed by atoms with van der Waals surface area (Å²) in [6.07, 6.45) is -0.209. The fourth-order valence-corrected chi connectivity index (χ4v) is 3.47. The van der Waals surface area contributed by atoms with Crippen LogP contribution in [-0.2, 0) is 47.4 Å². The lowest BCUT2D eigenvalue weighted by molar-refractivity contribution is -0.153. The van der Waals surface area contributed by atoms with E-state index in [4.69, 9.17) is 53.1 Å². The zero-order chi connectivity index (χ0) is 23.8. The van der Waals surface area contributed by atoms with Crippen LogP contribution in [0.4, 0.5) is 0 Å². The zero-order valence-electron chi connectivity index (χ0n) is 20.4. The van der Waals surface area contributed by atoms with Gasteiger partial charge in [0.15, 0.2) is 12.1 Å². The molecule has 1 unspecified atom stereocenters. The van der Waals surface area contributed by atoms with Crippen LogP contribution in [0.5, 0.6) is 0 Å². The Balaban J connectivity index is 1.42. The summed E-state index contributed by atoms with van der Waals surface area (Å²) in [5.74, 6) is -0.676. The molecule has 11 nitrogen and oxygen atoms in total. The maximum Gasteiger partial charge on any atom is 0.172 e. The monoisotopic (exact) mass is 481 g/mol. The maximum atomic E-state index is 6.22. The van der Waals surface area contributed by atoms with Gasteiger partial charge in [0, 0.05) is 7.11 Å². The first-order valence-corrected chi connectivity index (χ1v) is 11.7. The summed E-state index contributed by atoms with van der Waals surface area (Å²) in [4.78, 5) is 0. The quantitative estimate of drug-likeness (QED) is 0.242. The summed E-state index contributed by atoms with van der Waals surface area (Å²) >= 11 is 0. The van der Waals surface area contributed by atoms with Gasteiger partial charge in [-0.05, 0) is 20.3 Å². The van der Waals surface area contributed by atoms with E-state index in [-0.39, 0.29) is 24.5 Å². The van der Waals surface area contributed by atoms with E-state index in [0.29, 0.717) is 92.3 Å². The molecule has 2 aliphatic heterocycles. The second-order valence-corrected chi connectivity index (χ2v) is 8.24. The van der Waals surface area contributed by atoms with Crippen LogP contribution < -0.4 is 5.73 Å². The van der Waals surface area contributed by atoms with E-state index < -0.39 is 5.79 Å². The first kappa shape index (κ1) is 28.8. The first-order valence-electron chi connectivity index (χ1n) is 11.7. The predicted molar refractivity (Wildman–Crippen MR) is 118 cm³/mol. The summed E-state index contributed by atoms with van der Waals surface area (Å²) in [6, 6.07) is -0.277. The lowest BCUT2D eigenvalue weighted by Gasteiger charge is -2.23. The van der Waals surface area contributed by atoms with Crippen LogP contribution in [-0.4, -0.2) is 123 Å². The topological polar surface area (TPSA) is 118 Å². The van der Waals surface area contributed by atoms with Crippen molar-refractivity contribution in [2.75, 3.05) is 93.0 Å². The van der Waals surface area contributed by atoms with Crippen LogP contribution in [0.25, 0.3) is 0 Å². The summed E-state index contributed by atoms with van der Waals surface area (Å²) in [5.41, 5.74) is 6.22. The molecule has 2 aliphatic rings. The maximum absolute atomic E-state index is 6.22. The average molecular weight is 482 g/mol. The molecule has 2 N–H and O–H groups in total. The van der Waals surface area contributed by atoms with Gasteiger partial charge in [0.2, 0.25) is 0 Å². The van der Waals surface area contributed by atoms with Gasteiger partial charge in [0.1, 0.15) is 6.10 Å². The Kier molecular flexibility index (Phi) is 14.9. The fraction of sp³-hybridized carbons (Fsp3) is 1.00. The van der Waals surface area contributed by atoms with E-state index in [9.17, 15) is 0 Å². The van der Waals surface area contributed by atoms with Crippen molar-refractivity contribution >= 4 is 0 Å². The lowest BCUT2D eigenvalue weighted by Crippen LogP contribution is -2.41. The molecule has 0 aliphatic carbocycles. The molecule has 0 aromatic heterocycles. The van der Waals surface area contributed by atoms with E-state index in [1.54, 1.807) is 7.11 Å². The molecule has 2 saturated heterocycles. The van der Waals surface area contributed by atoms with Gasteiger partial charge in [0.25, 0.3) is 0 Å². The Hall–Kier alpha value is -0.440. The number of rotatable bonds is 20. The van der Waals surface area contributed by atoms with Crippen molar-refractivity contribution in [1.82, 2.24) is 0 Å². The predicted octanol–water partition coefficient (Wildman–Crippen LogP) is 0.326. The number of ether oxygens (including phenoxy) is 10. The smallest absolute Gasteiger partial charge is 0.172 e. The highest BCUT2D eigenvalue weighted by Crippen LogP contribution is 2.31. The first-order chi connectivity index (χ1) is 16.0. The van der Waals surface area contributed by atoms with Crippen LogP contribution in [0.2, 0.25) is 0 Å². The average Bonchev–Trinajstić information content (AvgIpc) is 3.41. The minimum atomic E-state index is -0.676. The number of hydrogen-bond acceptors (Lipinski definition) is 11. The third-order valence-corrected chi connectivity index (χ3v) is 4.99. The Morgan fingerprint density at radius 3 is 1.70 bits per heavy atom. The van der Waals surface area contributed by atoms with Crippen molar-refractivity contribution < 1.29 is 47.4 Å². The van der Waals surface area contributed by atoms with Crippen LogP contribution in [0.3, 0.4) is 0 Å². The molecule has 2 fully saturated rings. The second-order valence-electron chi connectivity index (χ2n) is 8.24. The van der Waals surface area contributed by atoms with Gasteiger partial charge in [-0.15, -0.1) is 0 Å². The molecule has 2 rings (SSSR count). The van der Waals surface area contributed by atoms with Crippen LogP contribution in [0.1, 0.15) is 20.3 Å². The van der Waals surface area contributed by atoms with E-state index in [2.05, 4.69) is 0 Å². The second kappa shape index (κ2) is 17.1. The molecule has 0 aromatic carbocycles. The molecule has 0 spiro atoms. The highest BCUT2D eigenvalue weighted by Gasteiger charge is 2.43. The summed E-state index contributed by atoms with van der Waals surface area (Å²) in [5, 5.41) is 0. The fourth-order valence-electron chi connectivity index (χ4n) is 3.47. The molecule has 0 aromatic rings. The van der Waals surface area contributed by atoms with Gasteiger partial charge in [-0.25, -0.2) is 0 Å². The number of nitrogens with two attached hydrogens (primary N) is 1. The van der Waals surface area contributed by atoms with Crippen molar-refractivity contribution in [2.24, 2.45) is 5.73 Å². The van der Waals surface area contributed by atoms with Crippen molar-refractivity contribution in [3.8, 4) is 0 Å². The van der Waals surface area contributed by atoms with Crippen molar-refractivity contribution in [3.63, 3.8) is 0 Å².